The number of aromatic nitrogens is 1. The zero-order valence-electron chi connectivity index (χ0n) is 16.7. The van der Waals surface area contributed by atoms with E-state index < -0.39 is 0 Å². The van der Waals surface area contributed by atoms with Crippen LogP contribution in [0.1, 0.15) is 22.8 Å². The molecule has 1 aromatic heterocycles. The van der Waals surface area contributed by atoms with Crippen LogP contribution in [-0.4, -0.2) is 29.9 Å². The van der Waals surface area contributed by atoms with Crippen LogP contribution in [0.2, 0.25) is 0 Å². The fourth-order valence-electron chi connectivity index (χ4n) is 3.26. The highest BCUT2D eigenvalue weighted by Crippen LogP contribution is 2.41. The van der Waals surface area contributed by atoms with Crippen molar-refractivity contribution in [2.45, 2.75) is 23.8 Å². The Bertz CT molecular complexity index is 1120. The number of anilines is 2. The number of nitrogens with one attached hydrogen (secondary N) is 1. The number of pyridine rings is 1. The monoisotopic (exact) mass is 419 g/mol. The van der Waals surface area contributed by atoms with Gasteiger partial charge in [-0.1, -0.05) is 30.0 Å². The smallest absolute Gasteiger partial charge is 0.262 e. The van der Waals surface area contributed by atoms with Crippen molar-refractivity contribution in [3.8, 4) is 5.75 Å². The van der Waals surface area contributed by atoms with E-state index >= 15 is 0 Å². The molecule has 4 rings (SSSR count). The van der Waals surface area contributed by atoms with Gasteiger partial charge < -0.3 is 15.0 Å². The van der Waals surface area contributed by atoms with Crippen molar-refractivity contribution in [2.24, 2.45) is 0 Å². The van der Waals surface area contributed by atoms with E-state index in [-0.39, 0.29) is 18.4 Å². The number of hydrogen-bond acceptors (Lipinski definition) is 5. The van der Waals surface area contributed by atoms with Gasteiger partial charge in [0, 0.05) is 23.3 Å². The van der Waals surface area contributed by atoms with Gasteiger partial charge in [-0.15, -0.1) is 0 Å². The Labute approximate surface area is 179 Å². The number of ether oxygens (including phenoxy) is 1. The molecule has 2 heterocycles. The van der Waals surface area contributed by atoms with Crippen LogP contribution in [0.25, 0.3) is 0 Å². The standard InChI is InChI=1S/C23H21N3O3S/c1-3-26-18-11-10-16(25-21(27)14-29-19-9-5-4-7-15(19)2)13-20(18)30-22-17(23(26)28)8-6-12-24-22/h4-13H,3,14H2,1-2H3,(H,25,27). The van der Waals surface area contributed by atoms with Crippen molar-refractivity contribution in [2.75, 3.05) is 23.4 Å². The van der Waals surface area contributed by atoms with Gasteiger partial charge in [-0.2, -0.15) is 0 Å². The van der Waals surface area contributed by atoms with E-state index in [2.05, 4.69) is 10.3 Å². The summed E-state index contributed by atoms with van der Waals surface area (Å²) in [5, 5.41) is 3.53. The summed E-state index contributed by atoms with van der Waals surface area (Å²) in [7, 11) is 0. The number of carbonyl (C=O) groups excluding carboxylic acids is 2. The minimum atomic E-state index is -0.251. The molecular weight excluding hydrogens is 398 g/mol. The number of para-hydroxylation sites is 1. The first-order valence-corrected chi connectivity index (χ1v) is 10.5. The molecule has 0 spiro atoms. The van der Waals surface area contributed by atoms with Gasteiger partial charge in [-0.05, 0) is 55.8 Å². The average Bonchev–Trinajstić information content (AvgIpc) is 2.86. The van der Waals surface area contributed by atoms with Gasteiger partial charge in [-0.3, -0.25) is 9.59 Å². The molecule has 0 saturated carbocycles. The van der Waals surface area contributed by atoms with Crippen molar-refractivity contribution >= 4 is 35.0 Å². The van der Waals surface area contributed by atoms with Gasteiger partial charge in [0.2, 0.25) is 0 Å². The fourth-order valence-corrected chi connectivity index (χ4v) is 4.32. The molecule has 0 radical (unpaired) electrons. The third kappa shape index (κ3) is 4.02. The molecule has 1 N–H and O–H groups in total. The third-order valence-corrected chi connectivity index (χ3v) is 5.82. The highest BCUT2D eigenvalue weighted by atomic mass is 32.2. The summed E-state index contributed by atoms with van der Waals surface area (Å²) in [5.74, 6) is 0.360. The van der Waals surface area contributed by atoms with Crippen molar-refractivity contribution in [3.05, 3.63) is 71.9 Å². The summed E-state index contributed by atoms with van der Waals surface area (Å²) in [4.78, 5) is 32.3. The number of hydrogen-bond donors (Lipinski definition) is 1. The third-order valence-electron chi connectivity index (χ3n) is 4.76. The minimum Gasteiger partial charge on any atom is -0.483 e. The maximum absolute atomic E-state index is 12.9. The van der Waals surface area contributed by atoms with Crippen molar-refractivity contribution in [1.29, 1.82) is 0 Å². The summed E-state index contributed by atoms with van der Waals surface area (Å²) in [6, 6.07) is 16.6. The molecular formula is C23H21N3O3S. The molecule has 2 aromatic carbocycles. The molecule has 2 amide bonds. The Morgan fingerprint density at radius 1 is 1.17 bits per heavy atom. The highest BCUT2D eigenvalue weighted by molar-refractivity contribution is 7.99. The maximum Gasteiger partial charge on any atom is 0.262 e. The molecule has 0 atom stereocenters. The summed E-state index contributed by atoms with van der Waals surface area (Å²) < 4.78 is 5.62. The minimum absolute atomic E-state index is 0.0738. The van der Waals surface area contributed by atoms with Crippen molar-refractivity contribution in [1.82, 2.24) is 4.98 Å². The summed E-state index contributed by atoms with van der Waals surface area (Å²) in [6.45, 7) is 4.33. The number of rotatable bonds is 5. The van der Waals surface area contributed by atoms with Crippen LogP contribution in [0.4, 0.5) is 11.4 Å². The Kier molecular flexibility index (Phi) is 5.72. The average molecular weight is 420 g/mol. The van der Waals surface area contributed by atoms with Crippen LogP contribution in [0.5, 0.6) is 5.75 Å². The van der Waals surface area contributed by atoms with Gasteiger partial charge in [-0.25, -0.2) is 4.98 Å². The Morgan fingerprint density at radius 2 is 2.00 bits per heavy atom. The van der Waals surface area contributed by atoms with E-state index in [0.29, 0.717) is 28.6 Å². The lowest BCUT2D eigenvalue weighted by Gasteiger charge is -2.21. The lowest BCUT2D eigenvalue weighted by atomic mass is 10.2. The quantitative estimate of drug-likeness (QED) is 0.657. The molecule has 0 fully saturated rings. The molecule has 3 aromatic rings. The first-order chi connectivity index (χ1) is 14.6. The molecule has 1 aliphatic heterocycles. The second-order valence-corrected chi connectivity index (χ2v) is 7.82. The van der Waals surface area contributed by atoms with Crippen molar-refractivity contribution in [3.63, 3.8) is 0 Å². The fraction of sp³-hybridized carbons (Fsp3) is 0.174. The van der Waals surface area contributed by atoms with E-state index in [4.69, 9.17) is 4.74 Å². The Hall–Kier alpha value is -3.32. The molecule has 0 saturated heterocycles. The summed E-state index contributed by atoms with van der Waals surface area (Å²) >= 11 is 1.42. The van der Waals surface area contributed by atoms with E-state index in [1.54, 1.807) is 29.3 Å². The lowest BCUT2D eigenvalue weighted by Crippen LogP contribution is -2.30. The number of benzene rings is 2. The SMILES string of the molecule is CCN1C(=O)c2cccnc2Sc2cc(NC(=O)COc3ccccc3C)ccc21. The van der Waals surface area contributed by atoms with Crippen LogP contribution < -0.4 is 15.0 Å². The van der Waals surface area contributed by atoms with Gasteiger partial charge >= 0.3 is 0 Å². The van der Waals surface area contributed by atoms with Crippen LogP contribution >= 0.6 is 11.8 Å². The van der Waals surface area contributed by atoms with Gasteiger partial charge in [0.15, 0.2) is 6.61 Å². The molecule has 7 heteroatoms. The predicted octanol–water partition coefficient (Wildman–Crippen LogP) is 4.54. The van der Waals surface area contributed by atoms with Crippen LogP contribution in [-0.2, 0) is 4.79 Å². The number of fused-ring (bicyclic) bond motifs is 2. The number of nitrogens with zero attached hydrogens (tertiary/aromatic N) is 2. The molecule has 6 nitrogen and oxygen atoms in total. The molecule has 1 aliphatic rings. The van der Waals surface area contributed by atoms with Crippen LogP contribution in [0.15, 0.2) is 70.7 Å². The zero-order valence-corrected chi connectivity index (χ0v) is 17.5. The predicted molar refractivity (Wildman–Crippen MR) is 117 cm³/mol. The topological polar surface area (TPSA) is 71.5 Å². The molecule has 0 aliphatic carbocycles. The number of amides is 2. The Morgan fingerprint density at radius 3 is 2.80 bits per heavy atom. The van der Waals surface area contributed by atoms with E-state index in [1.165, 1.54) is 11.8 Å². The molecule has 30 heavy (non-hydrogen) atoms. The first kappa shape index (κ1) is 20.0. The zero-order chi connectivity index (χ0) is 21.1. The second kappa shape index (κ2) is 8.59. The van der Waals surface area contributed by atoms with Crippen LogP contribution in [0, 0.1) is 6.92 Å². The van der Waals surface area contributed by atoms with Gasteiger partial charge in [0.1, 0.15) is 10.8 Å². The molecule has 152 valence electrons. The first-order valence-electron chi connectivity index (χ1n) is 9.64. The van der Waals surface area contributed by atoms with Crippen molar-refractivity contribution < 1.29 is 14.3 Å². The number of carbonyl (C=O) groups is 2. The van der Waals surface area contributed by atoms with E-state index in [9.17, 15) is 9.59 Å². The van der Waals surface area contributed by atoms with Gasteiger partial charge in [0.25, 0.3) is 11.8 Å². The van der Waals surface area contributed by atoms with E-state index in [1.807, 2.05) is 50.2 Å². The van der Waals surface area contributed by atoms with E-state index in [0.717, 1.165) is 16.1 Å². The number of aryl methyl sites for hydroxylation is 1. The Balaban J connectivity index is 1.54. The normalized spacial score (nSPS) is 12.6. The van der Waals surface area contributed by atoms with Crippen LogP contribution in [0.3, 0.4) is 0 Å². The lowest BCUT2D eigenvalue weighted by molar-refractivity contribution is -0.118. The summed E-state index contributed by atoms with van der Waals surface area (Å²) in [6.07, 6.45) is 1.68. The molecule has 0 unspecified atom stereocenters. The second-order valence-electron chi connectivity index (χ2n) is 6.79. The van der Waals surface area contributed by atoms with Gasteiger partial charge in [0.05, 0.1) is 11.3 Å². The highest BCUT2D eigenvalue weighted by Gasteiger charge is 2.27. The maximum atomic E-state index is 12.9. The summed E-state index contributed by atoms with van der Waals surface area (Å²) in [5.41, 5.74) is 3.00. The molecule has 0 bridgehead atoms. The largest absolute Gasteiger partial charge is 0.483 e.